The van der Waals surface area contributed by atoms with Crippen LogP contribution in [0.15, 0.2) is 29.4 Å². The summed E-state index contributed by atoms with van der Waals surface area (Å²) in [5, 5.41) is 14.7. The van der Waals surface area contributed by atoms with E-state index in [1.165, 1.54) is 12.1 Å². The van der Waals surface area contributed by atoms with Crippen LogP contribution in [0.4, 0.5) is 13.2 Å². The zero-order valence-electron chi connectivity index (χ0n) is 13.5. The Morgan fingerprint density at radius 3 is 2.54 bits per heavy atom. The number of halogens is 3. The smallest absolute Gasteiger partial charge is 0.362 e. The number of aliphatic hydroxyl groups is 1. The van der Waals surface area contributed by atoms with E-state index >= 15 is 0 Å². The van der Waals surface area contributed by atoms with Crippen molar-refractivity contribution in [2.75, 3.05) is 0 Å². The molecular weight excluding hydrogens is 321 g/mol. The molecule has 130 valence electrons. The summed E-state index contributed by atoms with van der Waals surface area (Å²) in [6.07, 6.45) is -3.76. The van der Waals surface area contributed by atoms with Crippen molar-refractivity contribution < 1.29 is 23.1 Å². The van der Waals surface area contributed by atoms with Crippen LogP contribution in [-0.4, -0.2) is 33.6 Å². The van der Waals surface area contributed by atoms with Gasteiger partial charge in [0.1, 0.15) is 0 Å². The molecule has 0 unspecified atom stereocenters. The zero-order valence-corrected chi connectivity index (χ0v) is 13.5. The third-order valence-corrected chi connectivity index (χ3v) is 4.88. The Bertz CT molecular complexity index is 684. The number of hydrogen-bond acceptors (Lipinski definition) is 3. The van der Waals surface area contributed by atoms with E-state index in [-0.39, 0.29) is 28.6 Å². The highest BCUT2D eigenvalue weighted by molar-refractivity contribution is 5.99. The minimum atomic E-state index is -4.99. The molecule has 0 bridgehead atoms. The molecule has 7 heteroatoms. The largest absolute Gasteiger partial charge is 0.439 e. The van der Waals surface area contributed by atoms with Crippen LogP contribution >= 0.6 is 0 Å². The first kappa shape index (κ1) is 17.0. The van der Waals surface area contributed by atoms with E-state index in [0.29, 0.717) is 12.8 Å². The van der Waals surface area contributed by atoms with E-state index in [0.717, 1.165) is 5.56 Å². The van der Waals surface area contributed by atoms with E-state index in [1.54, 1.807) is 12.1 Å². The Hall–Kier alpha value is -1.89. The molecule has 0 spiro atoms. The van der Waals surface area contributed by atoms with Gasteiger partial charge in [-0.25, -0.2) is 0 Å². The summed E-state index contributed by atoms with van der Waals surface area (Å²) in [7, 11) is 0. The molecule has 1 aromatic rings. The highest BCUT2D eigenvalue weighted by Crippen LogP contribution is 2.49. The summed E-state index contributed by atoms with van der Waals surface area (Å²) >= 11 is 0. The number of alkyl halides is 3. The van der Waals surface area contributed by atoms with Gasteiger partial charge in [-0.15, -0.1) is 0 Å². The molecule has 1 N–H and O–H groups in total. The Balaban J connectivity index is 2.03. The maximum Gasteiger partial charge on any atom is 0.439 e. The van der Waals surface area contributed by atoms with Gasteiger partial charge in [-0.05, 0) is 44.2 Å². The third kappa shape index (κ3) is 2.51. The Morgan fingerprint density at radius 2 is 1.96 bits per heavy atom. The van der Waals surface area contributed by atoms with Crippen LogP contribution in [0.2, 0.25) is 0 Å². The van der Waals surface area contributed by atoms with Crippen molar-refractivity contribution in [2.24, 2.45) is 16.9 Å². The van der Waals surface area contributed by atoms with E-state index in [9.17, 15) is 23.1 Å². The van der Waals surface area contributed by atoms with Crippen LogP contribution in [0.5, 0.6) is 0 Å². The lowest BCUT2D eigenvalue weighted by Gasteiger charge is -2.39. The number of benzene rings is 1. The van der Waals surface area contributed by atoms with Gasteiger partial charge < -0.3 is 5.11 Å². The third-order valence-electron chi connectivity index (χ3n) is 4.88. The number of hydrogen-bond donors (Lipinski definition) is 1. The highest BCUT2D eigenvalue weighted by atomic mass is 19.4. The molecule has 1 fully saturated rings. The number of rotatable bonds is 1. The summed E-state index contributed by atoms with van der Waals surface area (Å²) in [6, 6.07) is 6.16. The van der Waals surface area contributed by atoms with Crippen LogP contribution in [0, 0.1) is 18.8 Å². The fraction of sp³-hybridized carbons (Fsp3) is 0.529. The molecule has 0 saturated heterocycles. The van der Waals surface area contributed by atoms with Crippen LogP contribution in [0.1, 0.15) is 42.1 Å². The van der Waals surface area contributed by atoms with Crippen molar-refractivity contribution >= 4 is 11.6 Å². The van der Waals surface area contributed by atoms with Crippen LogP contribution in [0.3, 0.4) is 0 Å². The van der Waals surface area contributed by atoms with Gasteiger partial charge in [-0.1, -0.05) is 24.6 Å². The summed E-state index contributed by atoms with van der Waals surface area (Å²) in [6.45, 7) is 3.66. The number of hydrazone groups is 1. The quantitative estimate of drug-likeness (QED) is 0.851. The van der Waals surface area contributed by atoms with E-state index in [1.807, 2.05) is 13.8 Å². The Labute approximate surface area is 138 Å². The number of carbonyl (C=O) groups is 1. The molecule has 0 radical (unpaired) electrons. The van der Waals surface area contributed by atoms with Crippen molar-refractivity contribution in [1.82, 2.24) is 5.01 Å². The summed E-state index contributed by atoms with van der Waals surface area (Å²) < 4.78 is 41.1. The molecule has 1 saturated carbocycles. The molecule has 24 heavy (non-hydrogen) atoms. The van der Waals surface area contributed by atoms with Gasteiger partial charge >= 0.3 is 6.18 Å². The Kier molecular flexibility index (Phi) is 3.94. The molecule has 1 aromatic carbocycles. The molecular formula is C17H19F3N2O2. The summed E-state index contributed by atoms with van der Waals surface area (Å²) in [5.74, 6) is -2.10. The topological polar surface area (TPSA) is 52.9 Å². The van der Waals surface area contributed by atoms with Gasteiger partial charge in [-0.3, -0.25) is 4.79 Å². The van der Waals surface area contributed by atoms with E-state index < -0.39 is 23.7 Å². The summed E-state index contributed by atoms with van der Waals surface area (Å²) in [4.78, 5) is 12.6. The molecule has 1 aliphatic carbocycles. The average molecular weight is 340 g/mol. The van der Waals surface area contributed by atoms with Crippen LogP contribution in [-0.2, 0) is 0 Å². The molecule has 1 aliphatic heterocycles. The van der Waals surface area contributed by atoms with Crippen molar-refractivity contribution in [3.63, 3.8) is 0 Å². The van der Waals surface area contributed by atoms with Crippen LogP contribution < -0.4 is 0 Å². The van der Waals surface area contributed by atoms with Gasteiger partial charge in [0.25, 0.3) is 11.6 Å². The molecule has 3 rings (SSSR count). The predicted molar refractivity (Wildman–Crippen MR) is 82.3 cm³/mol. The molecule has 1 amide bonds. The summed E-state index contributed by atoms with van der Waals surface area (Å²) in [5.41, 5.74) is -2.07. The first-order valence-electron chi connectivity index (χ1n) is 7.92. The van der Waals surface area contributed by atoms with Crippen molar-refractivity contribution in [2.45, 2.75) is 45.0 Å². The lowest BCUT2D eigenvalue weighted by atomic mass is 9.76. The second-order valence-electron chi connectivity index (χ2n) is 6.73. The fourth-order valence-electron chi connectivity index (χ4n) is 3.43. The molecule has 2 aliphatic rings. The van der Waals surface area contributed by atoms with Gasteiger partial charge in [0.2, 0.25) is 0 Å². The number of fused-ring (bicyclic) bond motifs is 1. The number of aryl methyl sites for hydroxylation is 1. The SMILES string of the molecule is Cc1ccc(C(=O)N2N=C3CC[C@H](C)C[C@H]3[C@]2(O)C(F)(F)F)cc1. The monoisotopic (exact) mass is 340 g/mol. The molecule has 0 aromatic heterocycles. The van der Waals surface area contributed by atoms with E-state index in [2.05, 4.69) is 5.10 Å². The minimum absolute atomic E-state index is 0.0391. The van der Waals surface area contributed by atoms with E-state index in [4.69, 9.17) is 0 Å². The first-order valence-corrected chi connectivity index (χ1v) is 7.92. The normalized spacial score (nSPS) is 30.1. The minimum Gasteiger partial charge on any atom is -0.362 e. The molecule has 4 nitrogen and oxygen atoms in total. The second-order valence-corrected chi connectivity index (χ2v) is 6.73. The van der Waals surface area contributed by atoms with Gasteiger partial charge in [0.15, 0.2) is 0 Å². The van der Waals surface area contributed by atoms with Crippen molar-refractivity contribution in [1.29, 1.82) is 0 Å². The number of carbonyl (C=O) groups excluding carboxylic acids is 1. The number of amides is 1. The van der Waals surface area contributed by atoms with Gasteiger partial charge in [0.05, 0.1) is 5.92 Å². The van der Waals surface area contributed by atoms with Crippen molar-refractivity contribution in [3.05, 3.63) is 35.4 Å². The first-order chi connectivity index (χ1) is 11.1. The maximum atomic E-state index is 13.7. The molecule has 1 heterocycles. The lowest BCUT2D eigenvalue weighted by molar-refractivity contribution is -0.313. The predicted octanol–water partition coefficient (Wildman–Crippen LogP) is 3.49. The molecule has 3 atom stereocenters. The standard InChI is InChI=1S/C17H19F3N2O2/c1-10-3-6-12(7-4-10)15(23)22-16(24,17(18,19)20)13-9-11(2)5-8-14(13)21-22/h3-4,6-7,11,13,24H,5,8-9H2,1-2H3/t11-,13+,16-/m0/s1. The van der Waals surface area contributed by atoms with Gasteiger partial charge in [0, 0.05) is 11.3 Å². The average Bonchev–Trinajstić information content (AvgIpc) is 2.81. The Morgan fingerprint density at radius 1 is 1.33 bits per heavy atom. The second kappa shape index (κ2) is 5.58. The van der Waals surface area contributed by atoms with Crippen LogP contribution in [0.25, 0.3) is 0 Å². The van der Waals surface area contributed by atoms with Gasteiger partial charge in [-0.2, -0.15) is 23.3 Å². The lowest BCUT2D eigenvalue weighted by Crippen LogP contribution is -2.61. The van der Waals surface area contributed by atoms with Crippen molar-refractivity contribution in [3.8, 4) is 0 Å². The maximum absolute atomic E-state index is 13.7. The highest BCUT2D eigenvalue weighted by Gasteiger charge is 2.68. The zero-order chi connectivity index (χ0) is 17.7. The number of nitrogens with zero attached hydrogens (tertiary/aromatic N) is 2. The fourth-order valence-corrected chi connectivity index (χ4v) is 3.43.